The van der Waals surface area contributed by atoms with E-state index in [1.807, 2.05) is 25.1 Å². The molecule has 1 aromatic carbocycles. The van der Waals surface area contributed by atoms with Gasteiger partial charge in [-0.25, -0.2) is 4.98 Å². The number of carbonyl (C=O) groups is 2. The Balaban J connectivity index is 1.62. The van der Waals surface area contributed by atoms with Crippen molar-refractivity contribution in [3.05, 3.63) is 41.6 Å². The van der Waals surface area contributed by atoms with Gasteiger partial charge in [-0.3, -0.25) is 9.59 Å². The van der Waals surface area contributed by atoms with Gasteiger partial charge >= 0.3 is 0 Å². The van der Waals surface area contributed by atoms with Crippen LogP contribution in [0.5, 0.6) is 11.6 Å². The Hall–Kier alpha value is -3.09. The summed E-state index contributed by atoms with van der Waals surface area (Å²) >= 11 is 0. The van der Waals surface area contributed by atoms with Gasteiger partial charge in [0.25, 0.3) is 5.91 Å². The number of pyridine rings is 1. The first kappa shape index (κ1) is 22.1. The molecule has 0 saturated carbocycles. The predicted octanol–water partition coefficient (Wildman–Crippen LogP) is 3.32. The van der Waals surface area contributed by atoms with Crippen LogP contribution in [0.1, 0.15) is 50.0 Å². The largest absolute Gasteiger partial charge is 0.492 e. The van der Waals surface area contributed by atoms with Gasteiger partial charge in [-0.05, 0) is 37.5 Å². The number of methoxy groups -OCH3 is 1. The third-order valence-corrected chi connectivity index (χ3v) is 6.53. The third kappa shape index (κ3) is 4.16. The second kappa shape index (κ2) is 8.45. The Morgan fingerprint density at radius 2 is 2.09 bits per heavy atom. The minimum Gasteiger partial charge on any atom is -0.492 e. The summed E-state index contributed by atoms with van der Waals surface area (Å²) in [5, 5.41) is 5.97. The Kier molecular flexibility index (Phi) is 5.84. The van der Waals surface area contributed by atoms with Crippen molar-refractivity contribution in [2.24, 2.45) is 11.8 Å². The highest BCUT2D eigenvalue weighted by Gasteiger charge is 2.36. The van der Waals surface area contributed by atoms with E-state index in [4.69, 9.17) is 9.47 Å². The normalized spacial score (nSPS) is 23.7. The number of amides is 2. The smallest absolute Gasteiger partial charge is 0.251 e. The number of ether oxygens (including phenoxy) is 2. The van der Waals surface area contributed by atoms with Crippen LogP contribution >= 0.6 is 0 Å². The molecule has 3 unspecified atom stereocenters. The molecule has 4 rings (SSSR count). The number of nitrogens with one attached hydrogen (secondary N) is 2. The van der Waals surface area contributed by atoms with Gasteiger partial charge in [0.15, 0.2) is 0 Å². The van der Waals surface area contributed by atoms with E-state index in [1.165, 1.54) is 0 Å². The molecule has 2 aliphatic heterocycles. The molecule has 0 radical (unpaired) electrons. The molecule has 1 fully saturated rings. The van der Waals surface area contributed by atoms with Gasteiger partial charge in [0.1, 0.15) is 5.75 Å². The Labute approximate surface area is 188 Å². The second-order valence-electron chi connectivity index (χ2n) is 9.60. The first-order chi connectivity index (χ1) is 15.2. The van der Waals surface area contributed by atoms with Crippen molar-refractivity contribution in [3.63, 3.8) is 0 Å². The third-order valence-electron chi connectivity index (χ3n) is 6.53. The number of hydrogen-bond acceptors (Lipinski definition) is 5. The van der Waals surface area contributed by atoms with E-state index in [2.05, 4.69) is 36.4 Å². The fourth-order valence-corrected chi connectivity index (χ4v) is 4.61. The Morgan fingerprint density at radius 1 is 1.31 bits per heavy atom. The van der Waals surface area contributed by atoms with Crippen molar-refractivity contribution >= 4 is 11.8 Å². The molecule has 2 aliphatic rings. The highest BCUT2D eigenvalue weighted by Crippen LogP contribution is 2.45. The molecule has 1 saturated heterocycles. The van der Waals surface area contributed by atoms with Gasteiger partial charge in [0, 0.05) is 52.5 Å². The van der Waals surface area contributed by atoms with E-state index in [-0.39, 0.29) is 35.1 Å². The van der Waals surface area contributed by atoms with Crippen molar-refractivity contribution in [1.29, 1.82) is 0 Å². The van der Waals surface area contributed by atoms with Crippen LogP contribution in [0.2, 0.25) is 0 Å². The maximum Gasteiger partial charge on any atom is 0.251 e. The standard InChI is InChI=1S/C25H31N3O4/c1-14-8-15(2)28-24(30)19(14)12-27-23(29)17-9-18(16-6-7-21(31-5)26-11-16)22-20(10-17)25(3,4)13-32-22/h6-7,9-11,14-15,19H,8,12-13H2,1-5H3,(H,27,29)(H,28,30). The number of rotatable bonds is 5. The highest BCUT2D eigenvalue weighted by atomic mass is 16.5. The van der Waals surface area contributed by atoms with Crippen LogP contribution < -0.4 is 20.1 Å². The summed E-state index contributed by atoms with van der Waals surface area (Å²) in [5.74, 6) is 1.10. The number of aromatic nitrogens is 1. The van der Waals surface area contributed by atoms with Gasteiger partial charge in [-0.2, -0.15) is 0 Å². The lowest BCUT2D eigenvalue weighted by atomic mass is 9.83. The zero-order valence-corrected chi connectivity index (χ0v) is 19.3. The van der Waals surface area contributed by atoms with Crippen molar-refractivity contribution < 1.29 is 19.1 Å². The number of fused-ring (bicyclic) bond motifs is 1. The van der Waals surface area contributed by atoms with E-state index >= 15 is 0 Å². The molecule has 2 aromatic rings. The lowest BCUT2D eigenvalue weighted by Crippen LogP contribution is -2.50. The second-order valence-corrected chi connectivity index (χ2v) is 9.60. The zero-order chi connectivity index (χ0) is 23.0. The molecule has 1 aromatic heterocycles. The zero-order valence-electron chi connectivity index (χ0n) is 19.3. The van der Waals surface area contributed by atoms with E-state index in [0.29, 0.717) is 24.6 Å². The number of hydrogen-bond donors (Lipinski definition) is 2. The average Bonchev–Trinajstić information content (AvgIpc) is 3.07. The van der Waals surface area contributed by atoms with Crippen LogP contribution in [0.15, 0.2) is 30.5 Å². The van der Waals surface area contributed by atoms with Crippen LogP contribution in [-0.4, -0.2) is 43.1 Å². The Bertz CT molecular complexity index is 1030. The molecule has 170 valence electrons. The quantitative estimate of drug-likeness (QED) is 0.749. The van der Waals surface area contributed by atoms with Gasteiger partial charge in [-0.15, -0.1) is 0 Å². The summed E-state index contributed by atoms with van der Waals surface area (Å²) in [6.07, 6.45) is 2.63. The molecule has 32 heavy (non-hydrogen) atoms. The molecular weight excluding hydrogens is 406 g/mol. The lowest BCUT2D eigenvalue weighted by Gasteiger charge is -2.32. The predicted molar refractivity (Wildman–Crippen MR) is 122 cm³/mol. The van der Waals surface area contributed by atoms with Gasteiger partial charge in [0.05, 0.1) is 19.6 Å². The van der Waals surface area contributed by atoms with Crippen LogP contribution in [0.4, 0.5) is 0 Å². The fraction of sp³-hybridized carbons (Fsp3) is 0.480. The molecule has 7 heteroatoms. The number of carbonyl (C=O) groups excluding carboxylic acids is 2. The first-order valence-corrected chi connectivity index (χ1v) is 11.1. The van der Waals surface area contributed by atoms with Crippen molar-refractivity contribution in [2.45, 2.75) is 45.6 Å². The molecule has 3 heterocycles. The monoisotopic (exact) mass is 437 g/mol. The first-order valence-electron chi connectivity index (χ1n) is 11.1. The topological polar surface area (TPSA) is 89.5 Å². The van der Waals surface area contributed by atoms with Crippen LogP contribution in [0, 0.1) is 11.8 Å². The maximum absolute atomic E-state index is 13.1. The van der Waals surface area contributed by atoms with E-state index in [0.717, 1.165) is 28.9 Å². The van der Waals surface area contributed by atoms with Crippen molar-refractivity contribution in [1.82, 2.24) is 15.6 Å². The molecular formula is C25H31N3O4. The molecule has 2 amide bonds. The number of nitrogens with zero attached hydrogens (tertiary/aromatic N) is 1. The molecule has 0 bridgehead atoms. The van der Waals surface area contributed by atoms with Gasteiger partial charge < -0.3 is 20.1 Å². The van der Waals surface area contributed by atoms with Crippen LogP contribution in [0.3, 0.4) is 0 Å². The SMILES string of the molecule is COc1ccc(-c2cc(C(=O)NCC3C(=O)NC(C)CC3C)cc3c2OCC3(C)C)cn1. The summed E-state index contributed by atoms with van der Waals surface area (Å²) in [7, 11) is 1.57. The van der Waals surface area contributed by atoms with Crippen LogP contribution in [0.25, 0.3) is 11.1 Å². The number of piperidine rings is 1. The summed E-state index contributed by atoms with van der Waals surface area (Å²) < 4.78 is 11.2. The molecule has 0 aliphatic carbocycles. The maximum atomic E-state index is 13.1. The summed E-state index contributed by atoms with van der Waals surface area (Å²) in [4.78, 5) is 29.8. The molecule has 7 nitrogen and oxygen atoms in total. The summed E-state index contributed by atoms with van der Waals surface area (Å²) in [6, 6.07) is 7.62. The van der Waals surface area contributed by atoms with E-state index in [9.17, 15) is 9.59 Å². The van der Waals surface area contributed by atoms with Gasteiger partial charge in [-0.1, -0.05) is 20.8 Å². The van der Waals surface area contributed by atoms with E-state index < -0.39 is 0 Å². The minimum absolute atomic E-state index is 0.00466. The van der Waals surface area contributed by atoms with Crippen LogP contribution in [-0.2, 0) is 10.2 Å². The lowest BCUT2D eigenvalue weighted by molar-refractivity contribution is -0.129. The average molecular weight is 438 g/mol. The van der Waals surface area contributed by atoms with E-state index in [1.54, 1.807) is 19.4 Å². The molecule has 2 N–H and O–H groups in total. The minimum atomic E-state index is -0.227. The molecule has 0 spiro atoms. The Morgan fingerprint density at radius 3 is 2.75 bits per heavy atom. The highest BCUT2D eigenvalue weighted by molar-refractivity contribution is 5.97. The number of benzene rings is 1. The van der Waals surface area contributed by atoms with Crippen molar-refractivity contribution in [3.8, 4) is 22.8 Å². The molecule has 3 atom stereocenters. The van der Waals surface area contributed by atoms with Gasteiger partial charge in [0.2, 0.25) is 11.8 Å². The summed E-state index contributed by atoms with van der Waals surface area (Å²) in [6.45, 7) is 9.14. The fourth-order valence-electron chi connectivity index (χ4n) is 4.61. The summed E-state index contributed by atoms with van der Waals surface area (Å²) in [5.41, 5.74) is 3.00. The van der Waals surface area contributed by atoms with Crippen molar-refractivity contribution in [2.75, 3.05) is 20.3 Å².